The van der Waals surface area contributed by atoms with Crippen LogP contribution in [0.3, 0.4) is 0 Å². The molecule has 0 aliphatic carbocycles. The summed E-state index contributed by atoms with van der Waals surface area (Å²) < 4.78 is 16.0. The minimum Gasteiger partial charge on any atom is -0.503 e. The molecule has 1 N–H and O–H groups in total. The molecule has 10 heteroatoms. The largest absolute Gasteiger partial charge is 0.503 e. The van der Waals surface area contributed by atoms with E-state index in [0.717, 1.165) is 12.1 Å². The number of hydrogen-bond acceptors (Lipinski definition) is 8. The molecule has 0 spiro atoms. The number of non-ortho nitro benzene ring substituents is 1. The van der Waals surface area contributed by atoms with Gasteiger partial charge in [-0.2, -0.15) is 0 Å². The van der Waals surface area contributed by atoms with Gasteiger partial charge in [-0.05, 0) is 35.4 Å². The zero-order chi connectivity index (χ0) is 26.7. The molecule has 10 nitrogen and oxygen atoms in total. The van der Waals surface area contributed by atoms with Gasteiger partial charge >= 0.3 is 0 Å². The van der Waals surface area contributed by atoms with Crippen LogP contribution in [-0.4, -0.2) is 47.9 Å². The number of carbonyl (C=O) groups is 2. The number of nitro groups is 1. The number of carbonyl (C=O) groups excluding carboxylic acids is 2. The van der Waals surface area contributed by atoms with Gasteiger partial charge in [0.15, 0.2) is 28.6 Å². The minimum absolute atomic E-state index is 0.0154. The van der Waals surface area contributed by atoms with Crippen LogP contribution in [-0.2, 0) is 16.9 Å². The fraction of sp³-hybridized carbons (Fsp3) is 0.185. The van der Waals surface area contributed by atoms with Crippen molar-refractivity contribution in [1.82, 2.24) is 4.90 Å². The Kier molecular flexibility index (Phi) is 6.83. The highest BCUT2D eigenvalue weighted by Gasteiger charge is 2.53. The molecule has 0 radical (unpaired) electrons. The number of methoxy groups -OCH3 is 3. The Bertz CT molecular complexity index is 1420. The van der Waals surface area contributed by atoms with Gasteiger partial charge in [0.25, 0.3) is 11.6 Å². The summed E-state index contributed by atoms with van der Waals surface area (Å²) in [5.41, 5.74) is -1.23. The molecule has 0 saturated carbocycles. The molecular formula is C27H24N2O8. The van der Waals surface area contributed by atoms with E-state index >= 15 is 0 Å². The third-order valence-electron chi connectivity index (χ3n) is 6.20. The van der Waals surface area contributed by atoms with Gasteiger partial charge in [0.1, 0.15) is 5.75 Å². The lowest BCUT2D eigenvalue weighted by Crippen LogP contribution is -2.49. The summed E-state index contributed by atoms with van der Waals surface area (Å²) in [6, 6.07) is 16.9. The van der Waals surface area contributed by atoms with Crippen molar-refractivity contribution in [3.63, 3.8) is 0 Å². The number of aliphatic hydroxyl groups excluding tert-OH is 1. The first-order valence-corrected chi connectivity index (χ1v) is 11.1. The molecule has 37 heavy (non-hydrogen) atoms. The maximum Gasteiger partial charge on any atom is 0.290 e. The predicted octanol–water partition coefficient (Wildman–Crippen LogP) is 4.18. The lowest BCUT2D eigenvalue weighted by molar-refractivity contribution is -0.384. The first-order chi connectivity index (χ1) is 17.7. The number of Topliss-reactive ketones (excluding diaryl/α,β-unsaturated/α-hetero) is 1. The molecule has 1 aliphatic rings. The molecule has 0 fully saturated rings. The molecule has 1 amide bonds. The van der Waals surface area contributed by atoms with E-state index in [1.54, 1.807) is 36.4 Å². The Morgan fingerprint density at radius 2 is 1.70 bits per heavy atom. The van der Waals surface area contributed by atoms with E-state index in [1.165, 1.54) is 50.5 Å². The Labute approximate surface area is 212 Å². The molecule has 3 aromatic carbocycles. The predicted molar refractivity (Wildman–Crippen MR) is 133 cm³/mol. The number of nitro benzene ring substituents is 1. The average Bonchev–Trinajstić information content (AvgIpc) is 3.18. The van der Waals surface area contributed by atoms with Crippen molar-refractivity contribution < 1.29 is 33.8 Å². The number of benzene rings is 3. The van der Waals surface area contributed by atoms with Crippen LogP contribution in [0, 0.1) is 10.1 Å². The second-order valence-corrected chi connectivity index (χ2v) is 8.25. The van der Waals surface area contributed by atoms with Crippen LogP contribution in [0.1, 0.15) is 21.5 Å². The lowest BCUT2D eigenvalue weighted by atomic mass is 9.81. The zero-order valence-corrected chi connectivity index (χ0v) is 20.3. The van der Waals surface area contributed by atoms with Crippen molar-refractivity contribution in [2.45, 2.75) is 12.1 Å². The second-order valence-electron chi connectivity index (χ2n) is 8.25. The van der Waals surface area contributed by atoms with Gasteiger partial charge in [0, 0.05) is 30.3 Å². The van der Waals surface area contributed by atoms with Gasteiger partial charge < -0.3 is 24.2 Å². The molecule has 1 atom stereocenters. The third-order valence-corrected chi connectivity index (χ3v) is 6.20. The summed E-state index contributed by atoms with van der Waals surface area (Å²) in [5.74, 6) is -0.833. The topological polar surface area (TPSA) is 128 Å². The molecule has 1 aliphatic heterocycles. The van der Waals surface area contributed by atoms with E-state index in [9.17, 15) is 24.8 Å². The maximum absolute atomic E-state index is 14.2. The fourth-order valence-electron chi connectivity index (χ4n) is 4.40. The Balaban J connectivity index is 1.95. The van der Waals surface area contributed by atoms with Crippen molar-refractivity contribution in [2.75, 3.05) is 21.3 Å². The van der Waals surface area contributed by atoms with E-state index in [1.807, 2.05) is 0 Å². The number of aliphatic hydroxyl groups is 1. The smallest absolute Gasteiger partial charge is 0.290 e. The van der Waals surface area contributed by atoms with Crippen LogP contribution in [0.15, 0.2) is 78.6 Å². The van der Waals surface area contributed by atoms with Crippen LogP contribution in [0.4, 0.5) is 5.69 Å². The molecule has 0 aromatic heterocycles. The van der Waals surface area contributed by atoms with E-state index in [-0.39, 0.29) is 17.8 Å². The number of nitrogens with zero attached hydrogens (tertiary/aromatic N) is 2. The van der Waals surface area contributed by atoms with Crippen LogP contribution in [0.5, 0.6) is 17.2 Å². The highest BCUT2D eigenvalue weighted by atomic mass is 16.6. The fourth-order valence-corrected chi connectivity index (χ4v) is 4.40. The summed E-state index contributed by atoms with van der Waals surface area (Å²) >= 11 is 0. The van der Waals surface area contributed by atoms with Gasteiger partial charge in [-0.1, -0.05) is 30.3 Å². The normalized spacial score (nSPS) is 16.8. The molecule has 190 valence electrons. The number of rotatable bonds is 9. The monoisotopic (exact) mass is 504 g/mol. The number of hydrogen-bond donors (Lipinski definition) is 1. The van der Waals surface area contributed by atoms with Gasteiger partial charge in [0.2, 0.25) is 0 Å². The molecular weight excluding hydrogens is 480 g/mol. The molecule has 0 bridgehead atoms. The third kappa shape index (κ3) is 4.44. The number of amides is 1. The number of ether oxygens (including phenoxy) is 3. The van der Waals surface area contributed by atoms with Crippen molar-refractivity contribution in [2.24, 2.45) is 0 Å². The highest BCUT2D eigenvalue weighted by molar-refractivity contribution is 6.11. The molecule has 1 unspecified atom stereocenters. The van der Waals surface area contributed by atoms with Gasteiger partial charge in [-0.25, -0.2) is 0 Å². The zero-order valence-electron chi connectivity index (χ0n) is 20.3. The molecule has 4 rings (SSSR count). The Morgan fingerprint density at radius 1 is 0.973 bits per heavy atom. The summed E-state index contributed by atoms with van der Waals surface area (Å²) in [5, 5.41) is 22.0. The van der Waals surface area contributed by atoms with Gasteiger partial charge in [-0.3, -0.25) is 19.7 Å². The standard InChI is InChI=1S/C27H24N2O8/c1-35-21-9-4-6-17(12-21)16-28-26(32)22(30)15-27(28,19-10-11-23(36-2)24(14-19)37-3)25(31)18-7-5-8-20(13-18)29(33)34/h4-15,30H,16H2,1-3H3. The average molecular weight is 504 g/mol. The van der Waals surface area contributed by atoms with Crippen molar-refractivity contribution in [3.8, 4) is 17.2 Å². The van der Waals surface area contributed by atoms with Crippen molar-refractivity contribution in [3.05, 3.63) is 105 Å². The molecule has 1 heterocycles. The van der Waals surface area contributed by atoms with E-state index < -0.39 is 27.9 Å². The first kappa shape index (κ1) is 25.2. The van der Waals surface area contributed by atoms with Crippen LogP contribution in [0.2, 0.25) is 0 Å². The first-order valence-electron chi connectivity index (χ1n) is 11.1. The highest BCUT2D eigenvalue weighted by Crippen LogP contribution is 2.44. The van der Waals surface area contributed by atoms with Gasteiger partial charge in [-0.15, -0.1) is 0 Å². The van der Waals surface area contributed by atoms with E-state index in [0.29, 0.717) is 28.4 Å². The van der Waals surface area contributed by atoms with E-state index in [2.05, 4.69) is 0 Å². The lowest BCUT2D eigenvalue weighted by Gasteiger charge is -2.37. The summed E-state index contributed by atoms with van der Waals surface area (Å²) in [6.07, 6.45) is 1.16. The molecule has 3 aromatic rings. The second kappa shape index (κ2) is 10.0. The Hall–Kier alpha value is -4.86. The van der Waals surface area contributed by atoms with Crippen molar-refractivity contribution in [1.29, 1.82) is 0 Å². The summed E-state index contributed by atoms with van der Waals surface area (Å²) in [7, 11) is 4.40. The molecule has 0 saturated heterocycles. The van der Waals surface area contributed by atoms with Crippen LogP contribution >= 0.6 is 0 Å². The van der Waals surface area contributed by atoms with Gasteiger partial charge in [0.05, 0.1) is 26.3 Å². The van der Waals surface area contributed by atoms with Crippen LogP contribution < -0.4 is 14.2 Å². The number of ketones is 1. The SMILES string of the molecule is COc1cccc(CN2C(=O)C(O)=CC2(C(=O)c2cccc([N+](=O)[O-])c2)c2ccc(OC)c(OC)c2)c1. The Morgan fingerprint density at radius 3 is 2.38 bits per heavy atom. The van der Waals surface area contributed by atoms with Crippen molar-refractivity contribution >= 4 is 17.4 Å². The summed E-state index contributed by atoms with van der Waals surface area (Å²) in [6.45, 7) is -0.0778. The van der Waals surface area contributed by atoms with E-state index in [4.69, 9.17) is 14.2 Å². The minimum atomic E-state index is -1.85. The maximum atomic E-state index is 14.2. The van der Waals surface area contributed by atoms with Crippen LogP contribution in [0.25, 0.3) is 0 Å². The quantitative estimate of drug-likeness (QED) is 0.261. The summed E-state index contributed by atoms with van der Waals surface area (Å²) in [4.78, 5) is 39.6.